The molecule has 0 saturated heterocycles. The smallest absolute Gasteiger partial charge is 0.164 e. The lowest BCUT2D eigenvalue weighted by Gasteiger charge is -2.44. The summed E-state index contributed by atoms with van der Waals surface area (Å²) in [5.74, 6) is 1.85. The Morgan fingerprint density at radius 2 is 0.815 bits per heavy atom. The fourth-order valence-electron chi connectivity index (χ4n) is 11.4. The maximum absolute atomic E-state index is 10.5. The molecule has 65 heavy (non-hydrogen) atoms. The van der Waals surface area contributed by atoms with Crippen LogP contribution in [0.3, 0.4) is 0 Å². The van der Waals surface area contributed by atoms with Crippen LogP contribution in [0.5, 0.6) is 0 Å². The highest BCUT2D eigenvalue weighted by atomic mass is 15.0. The summed E-state index contributed by atoms with van der Waals surface area (Å²) in [6.45, 7) is 23.3. The van der Waals surface area contributed by atoms with E-state index in [1.807, 2.05) is 12.3 Å². The van der Waals surface area contributed by atoms with Crippen LogP contribution in [0.4, 0.5) is 0 Å². The first-order chi connectivity index (χ1) is 30.9. The van der Waals surface area contributed by atoms with Gasteiger partial charge in [0, 0.05) is 44.8 Å². The zero-order valence-corrected chi connectivity index (χ0v) is 39.0. The number of rotatable bonds is 5. The van der Waals surface area contributed by atoms with Crippen LogP contribution in [0.1, 0.15) is 108 Å². The van der Waals surface area contributed by atoms with Crippen LogP contribution in [-0.2, 0) is 21.7 Å². The number of hydrogen-bond donors (Lipinski definition) is 0. The van der Waals surface area contributed by atoms with Crippen molar-refractivity contribution in [3.8, 4) is 84.9 Å². The van der Waals surface area contributed by atoms with E-state index in [2.05, 4.69) is 203 Å². The zero-order valence-electron chi connectivity index (χ0n) is 39.0. The molecular weight excluding hydrogens is 791 g/mol. The standard InChI is InChI=1S/C60H53N5/c1-56(2)46-17-13-11-15-42(46)44-30-38(24-26-48(44)56)54-63-53(64-55(65-54)39-25-27-49-45(31-39)43-16-12-14-18-47(43)57(49,3)4)36-21-19-35(20-22-36)41-29-40(33-61)52(62-34-41)37-23-28-50-51(32-37)59(7,8)60(9,10)58(50,5)6/h11-32,34H,1-10H3. The first-order valence-corrected chi connectivity index (χ1v) is 22.9. The van der Waals surface area contributed by atoms with Gasteiger partial charge < -0.3 is 0 Å². The van der Waals surface area contributed by atoms with E-state index in [0.29, 0.717) is 28.7 Å². The molecule has 318 valence electrons. The Bertz CT molecular complexity index is 3230. The minimum atomic E-state index is -0.104. The Balaban J connectivity index is 0.987. The van der Waals surface area contributed by atoms with E-state index in [1.54, 1.807) is 0 Å². The Kier molecular flexibility index (Phi) is 8.61. The van der Waals surface area contributed by atoms with E-state index in [9.17, 15) is 5.26 Å². The van der Waals surface area contributed by atoms with E-state index in [4.69, 9.17) is 19.9 Å². The highest BCUT2D eigenvalue weighted by Crippen LogP contribution is 2.62. The summed E-state index contributed by atoms with van der Waals surface area (Å²) in [6.07, 6.45) is 1.89. The van der Waals surface area contributed by atoms with Crippen molar-refractivity contribution in [3.63, 3.8) is 0 Å². The molecule has 0 fully saturated rings. The van der Waals surface area contributed by atoms with Crippen molar-refractivity contribution in [1.29, 1.82) is 5.26 Å². The van der Waals surface area contributed by atoms with Crippen LogP contribution < -0.4 is 0 Å². The van der Waals surface area contributed by atoms with E-state index in [1.165, 1.54) is 55.6 Å². The van der Waals surface area contributed by atoms with E-state index < -0.39 is 0 Å². The Morgan fingerprint density at radius 1 is 0.385 bits per heavy atom. The van der Waals surface area contributed by atoms with Crippen LogP contribution in [0.15, 0.2) is 140 Å². The van der Waals surface area contributed by atoms with Gasteiger partial charge >= 0.3 is 0 Å². The number of pyridine rings is 1. The normalized spacial score (nSPS) is 17.1. The molecule has 0 bridgehead atoms. The van der Waals surface area contributed by atoms with Gasteiger partial charge in [0.15, 0.2) is 17.5 Å². The summed E-state index contributed by atoms with van der Waals surface area (Å²) in [5, 5.41) is 10.5. The molecule has 0 unspecified atom stereocenters. The third kappa shape index (κ3) is 5.75. The van der Waals surface area contributed by atoms with Gasteiger partial charge in [0.1, 0.15) is 6.07 Å². The van der Waals surface area contributed by atoms with Gasteiger partial charge in [-0.05, 0) is 102 Å². The molecule has 3 aliphatic carbocycles. The number of nitriles is 1. The van der Waals surface area contributed by atoms with Gasteiger partial charge in [0.25, 0.3) is 0 Å². The van der Waals surface area contributed by atoms with Crippen molar-refractivity contribution in [2.75, 3.05) is 0 Å². The number of nitrogens with zero attached hydrogens (tertiary/aromatic N) is 5. The molecular formula is C60H53N5. The Hall–Kier alpha value is -7.03. The topological polar surface area (TPSA) is 75.3 Å². The molecule has 5 nitrogen and oxygen atoms in total. The minimum absolute atomic E-state index is 0.00809. The molecule has 0 amide bonds. The lowest BCUT2D eigenvalue weighted by molar-refractivity contribution is 0.125. The van der Waals surface area contributed by atoms with Crippen LogP contribution in [0.2, 0.25) is 0 Å². The lowest BCUT2D eigenvalue weighted by atomic mass is 9.59. The average molecular weight is 844 g/mol. The van der Waals surface area contributed by atoms with Crippen LogP contribution >= 0.6 is 0 Å². The van der Waals surface area contributed by atoms with Gasteiger partial charge in [-0.1, -0.05) is 178 Å². The van der Waals surface area contributed by atoms with E-state index >= 15 is 0 Å². The quantitative estimate of drug-likeness (QED) is 0.172. The minimum Gasteiger partial charge on any atom is -0.254 e. The molecule has 0 radical (unpaired) electrons. The molecule has 2 heterocycles. The van der Waals surface area contributed by atoms with Crippen molar-refractivity contribution in [2.24, 2.45) is 5.41 Å². The third-order valence-electron chi connectivity index (χ3n) is 16.6. The summed E-state index contributed by atoms with van der Waals surface area (Å²) < 4.78 is 0. The largest absolute Gasteiger partial charge is 0.254 e. The maximum atomic E-state index is 10.5. The number of aromatic nitrogens is 4. The second-order valence-electron chi connectivity index (χ2n) is 21.1. The summed E-state index contributed by atoms with van der Waals surface area (Å²) in [5.41, 5.74) is 19.5. The summed E-state index contributed by atoms with van der Waals surface area (Å²) >= 11 is 0. The predicted octanol–water partition coefficient (Wildman–Crippen LogP) is 14.7. The van der Waals surface area contributed by atoms with E-state index in [-0.39, 0.29) is 27.1 Å². The van der Waals surface area contributed by atoms with Crippen molar-refractivity contribution < 1.29 is 0 Å². The number of benzene rings is 6. The summed E-state index contributed by atoms with van der Waals surface area (Å²) in [4.78, 5) is 20.6. The number of fused-ring (bicyclic) bond motifs is 7. The van der Waals surface area contributed by atoms with Gasteiger partial charge in [-0.25, -0.2) is 15.0 Å². The monoisotopic (exact) mass is 843 g/mol. The first kappa shape index (κ1) is 40.7. The second kappa shape index (κ2) is 13.7. The van der Waals surface area contributed by atoms with Crippen LogP contribution in [-0.4, -0.2) is 19.9 Å². The third-order valence-corrected chi connectivity index (χ3v) is 16.6. The second-order valence-corrected chi connectivity index (χ2v) is 21.1. The molecule has 0 aliphatic heterocycles. The average Bonchev–Trinajstić information content (AvgIpc) is 3.73. The van der Waals surface area contributed by atoms with Gasteiger partial charge in [0.05, 0.1) is 11.3 Å². The van der Waals surface area contributed by atoms with Gasteiger partial charge in [-0.2, -0.15) is 5.26 Å². The fraction of sp³-hybridized carbons (Fsp3) is 0.250. The first-order valence-electron chi connectivity index (χ1n) is 22.9. The highest BCUT2D eigenvalue weighted by molar-refractivity contribution is 5.86. The van der Waals surface area contributed by atoms with Crippen LogP contribution in [0.25, 0.3) is 78.8 Å². The SMILES string of the molecule is CC1(C)c2ccccc2-c2cc(-c3nc(-c4ccc(-c5cnc(-c6ccc7c(c6)C(C)(C)C(C)(C)C7(C)C)c(C#N)c5)cc4)nc(-c4ccc5c(c4)-c4ccccc4C5(C)C)n3)ccc21. The molecule has 3 aliphatic rings. The van der Waals surface area contributed by atoms with Crippen LogP contribution in [0, 0.1) is 16.7 Å². The van der Waals surface area contributed by atoms with Crippen molar-refractivity contribution >= 4 is 0 Å². The molecule has 0 spiro atoms. The Morgan fingerprint density at radius 3 is 1.35 bits per heavy atom. The molecule has 8 aromatic rings. The molecule has 5 heteroatoms. The molecule has 6 aromatic carbocycles. The van der Waals surface area contributed by atoms with Gasteiger partial charge in [-0.15, -0.1) is 0 Å². The fourth-order valence-corrected chi connectivity index (χ4v) is 11.4. The zero-order chi connectivity index (χ0) is 45.4. The van der Waals surface area contributed by atoms with Crippen molar-refractivity contribution in [1.82, 2.24) is 19.9 Å². The summed E-state index contributed by atoms with van der Waals surface area (Å²) in [6, 6.07) is 50.1. The molecule has 11 rings (SSSR count). The van der Waals surface area contributed by atoms with Gasteiger partial charge in [-0.3, -0.25) is 4.98 Å². The lowest BCUT2D eigenvalue weighted by Crippen LogP contribution is -2.42. The number of hydrogen-bond acceptors (Lipinski definition) is 5. The van der Waals surface area contributed by atoms with Crippen molar-refractivity contribution in [3.05, 3.63) is 179 Å². The predicted molar refractivity (Wildman–Crippen MR) is 264 cm³/mol. The Labute approximate surface area is 383 Å². The molecule has 0 saturated carbocycles. The molecule has 0 N–H and O–H groups in total. The van der Waals surface area contributed by atoms with E-state index in [0.717, 1.165) is 33.4 Å². The highest BCUT2D eigenvalue weighted by Gasteiger charge is 2.56. The molecule has 2 aromatic heterocycles. The van der Waals surface area contributed by atoms with Crippen molar-refractivity contribution in [2.45, 2.75) is 90.9 Å². The molecule has 0 atom stereocenters. The van der Waals surface area contributed by atoms with Gasteiger partial charge in [0.2, 0.25) is 0 Å². The maximum Gasteiger partial charge on any atom is 0.164 e. The summed E-state index contributed by atoms with van der Waals surface area (Å²) in [7, 11) is 0.